The van der Waals surface area contributed by atoms with Crippen LogP contribution < -0.4 is 0 Å². The molecule has 0 aliphatic heterocycles. The molecule has 0 saturated heterocycles. The van der Waals surface area contributed by atoms with E-state index in [-0.39, 0.29) is 5.82 Å². The molecule has 0 unspecified atom stereocenters. The molecule has 0 fully saturated rings. The number of hydrogen-bond acceptors (Lipinski definition) is 4. The number of hydrogen-bond donors (Lipinski definition) is 0. The van der Waals surface area contributed by atoms with Crippen LogP contribution in [-0.2, 0) is 5.75 Å². The summed E-state index contributed by atoms with van der Waals surface area (Å²) >= 11 is 4.78. The summed E-state index contributed by atoms with van der Waals surface area (Å²) in [5.74, 6) is 0.869. The zero-order valence-corrected chi connectivity index (χ0v) is 15.0. The molecule has 0 saturated carbocycles. The van der Waals surface area contributed by atoms with Gasteiger partial charge in [-0.15, -0.1) is 10.2 Å². The zero-order chi connectivity index (χ0) is 16.4. The first-order valence-corrected chi connectivity index (χ1v) is 8.78. The molecule has 0 bridgehead atoms. The Kier molecular flexibility index (Phi) is 4.82. The maximum atomic E-state index is 13.1. The Balaban J connectivity index is 1.74. The molecular weight excluding hydrogens is 379 g/mol. The van der Waals surface area contributed by atoms with Gasteiger partial charge in [-0.25, -0.2) is 4.39 Å². The number of rotatable bonds is 4. The minimum Gasteiger partial charge on any atom is -0.411 e. The average Bonchev–Trinajstić information content (AvgIpc) is 2.94. The van der Waals surface area contributed by atoms with Crippen molar-refractivity contribution in [3.8, 4) is 11.5 Å². The van der Waals surface area contributed by atoms with E-state index >= 15 is 0 Å². The molecule has 0 atom stereocenters. The second-order valence-corrected chi connectivity index (χ2v) is 7.05. The number of nitrogens with zero attached hydrogens (tertiary/aromatic N) is 2. The van der Waals surface area contributed by atoms with Crippen molar-refractivity contribution in [1.29, 1.82) is 0 Å². The summed E-state index contributed by atoms with van der Waals surface area (Å²) in [6, 6.07) is 10.8. The summed E-state index contributed by atoms with van der Waals surface area (Å²) < 4.78 is 19.5. The van der Waals surface area contributed by atoms with Crippen LogP contribution in [0.5, 0.6) is 0 Å². The van der Waals surface area contributed by atoms with Crippen molar-refractivity contribution in [3.05, 3.63) is 63.4 Å². The van der Waals surface area contributed by atoms with Crippen molar-refractivity contribution < 1.29 is 8.81 Å². The van der Waals surface area contributed by atoms with Gasteiger partial charge in [0, 0.05) is 15.8 Å². The van der Waals surface area contributed by atoms with Gasteiger partial charge in [-0.05, 0) is 43.7 Å². The molecule has 0 radical (unpaired) electrons. The zero-order valence-electron chi connectivity index (χ0n) is 12.6. The second kappa shape index (κ2) is 6.84. The third-order valence-electron chi connectivity index (χ3n) is 3.24. The first-order chi connectivity index (χ1) is 11.0. The molecule has 0 spiro atoms. The SMILES string of the molecule is Cc1cc(C)cc(-c2nnc(SCc3ccc(F)cc3Br)o2)c1. The van der Waals surface area contributed by atoms with Crippen molar-refractivity contribution in [3.63, 3.8) is 0 Å². The Morgan fingerprint density at radius 3 is 2.52 bits per heavy atom. The molecule has 3 nitrogen and oxygen atoms in total. The quantitative estimate of drug-likeness (QED) is 0.545. The van der Waals surface area contributed by atoms with E-state index in [0.29, 0.717) is 16.9 Å². The molecule has 0 amide bonds. The van der Waals surface area contributed by atoms with Gasteiger partial charge in [0.2, 0.25) is 5.89 Å². The Morgan fingerprint density at radius 2 is 1.83 bits per heavy atom. The third kappa shape index (κ3) is 4.00. The van der Waals surface area contributed by atoms with Crippen LogP contribution >= 0.6 is 27.7 Å². The molecule has 3 rings (SSSR count). The van der Waals surface area contributed by atoms with Gasteiger partial charge in [0.05, 0.1) is 0 Å². The standard InChI is InChI=1S/C17H14BrFN2OS/c1-10-5-11(2)7-13(6-10)16-20-21-17(22-16)23-9-12-3-4-14(19)8-15(12)18/h3-8H,9H2,1-2H3. The number of aryl methyl sites for hydroxylation is 2. The van der Waals surface area contributed by atoms with E-state index in [9.17, 15) is 4.39 Å². The van der Waals surface area contributed by atoms with Crippen molar-refractivity contribution in [1.82, 2.24) is 10.2 Å². The van der Waals surface area contributed by atoms with E-state index < -0.39 is 0 Å². The molecule has 0 aliphatic rings. The summed E-state index contributed by atoms with van der Waals surface area (Å²) in [6.45, 7) is 4.07. The van der Waals surface area contributed by atoms with Crippen molar-refractivity contribution in [2.75, 3.05) is 0 Å². The van der Waals surface area contributed by atoms with Crippen LogP contribution in [-0.4, -0.2) is 10.2 Å². The van der Waals surface area contributed by atoms with Gasteiger partial charge in [-0.3, -0.25) is 0 Å². The molecule has 0 N–H and O–H groups in total. The monoisotopic (exact) mass is 392 g/mol. The molecular formula is C17H14BrFN2OS. The smallest absolute Gasteiger partial charge is 0.277 e. The first-order valence-electron chi connectivity index (χ1n) is 7.00. The molecule has 0 aliphatic carbocycles. The number of thioether (sulfide) groups is 1. The van der Waals surface area contributed by atoms with Crippen molar-refractivity contribution in [2.45, 2.75) is 24.8 Å². The topological polar surface area (TPSA) is 38.9 Å². The van der Waals surface area contributed by atoms with E-state index in [0.717, 1.165) is 26.7 Å². The summed E-state index contributed by atoms with van der Waals surface area (Å²) in [6.07, 6.45) is 0. The minimum absolute atomic E-state index is 0.263. The van der Waals surface area contributed by atoms with Gasteiger partial charge in [-0.2, -0.15) is 0 Å². The maximum Gasteiger partial charge on any atom is 0.277 e. The number of aromatic nitrogens is 2. The van der Waals surface area contributed by atoms with Crippen molar-refractivity contribution >= 4 is 27.7 Å². The van der Waals surface area contributed by atoms with Crippen molar-refractivity contribution in [2.24, 2.45) is 0 Å². The van der Waals surface area contributed by atoms with E-state index in [1.54, 1.807) is 6.07 Å². The van der Waals surface area contributed by atoms with Gasteiger partial charge in [0.1, 0.15) is 5.82 Å². The Bertz CT molecular complexity index is 830. The van der Waals surface area contributed by atoms with Crippen LogP contribution in [0.4, 0.5) is 4.39 Å². The molecule has 1 heterocycles. The Morgan fingerprint density at radius 1 is 1.09 bits per heavy atom. The number of benzene rings is 2. The van der Waals surface area contributed by atoms with Gasteiger partial charge in [0.15, 0.2) is 0 Å². The third-order valence-corrected chi connectivity index (χ3v) is 4.85. The van der Waals surface area contributed by atoms with Crippen LogP contribution in [0.1, 0.15) is 16.7 Å². The van der Waals surface area contributed by atoms with E-state index in [2.05, 4.69) is 32.2 Å². The van der Waals surface area contributed by atoms with Gasteiger partial charge < -0.3 is 4.42 Å². The van der Waals surface area contributed by atoms with Gasteiger partial charge >= 0.3 is 0 Å². The summed E-state index contributed by atoms with van der Waals surface area (Å²) in [4.78, 5) is 0. The molecule has 118 valence electrons. The largest absolute Gasteiger partial charge is 0.411 e. The highest BCUT2D eigenvalue weighted by Gasteiger charge is 2.11. The predicted molar refractivity (Wildman–Crippen MR) is 92.9 cm³/mol. The van der Waals surface area contributed by atoms with Crippen LogP contribution in [0, 0.1) is 19.7 Å². The molecule has 6 heteroatoms. The van der Waals surface area contributed by atoms with Crippen LogP contribution in [0.2, 0.25) is 0 Å². The summed E-state index contributed by atoms with van der Waals surface area (Å²) in [7, 11) is 0. The molecule has 23 heavy (non-hydrogen) atoms. The molecule has 2 aromatic carbocycles. The Labute approximate surface area is 146 Å². The normalized spacial score (nSPS) is 11.0. The van der Waals surface area contributed by atoms with E-state index in [1.165, 1.54) is 23.9 Å². The second-order valence-electron chi connectivity index (χ2n) is 5.27. The fourth-order valence-electron chi connectivity index (χ4n) is 2.26. The minimum atomic E-state index is -0.263. The van der Waals surface area contributed by atoms with Gasteiger partial charge in [-0.1, -0.05) is 51.0 Å². The Hall–Kier alpha value is -1.66. The molecule has 1 aromatic heterocycles. The lowest BCUT2D eigenvalue weighted by atomic mass is 10.1. The van der Waals surface area contributed by atoms with Gasteiger partial charge in [0.25, 0.3) is 5.22 Å². The number of halogens is 2. The average molecular weight is 393 g/mol. The highest BCUT2D eigenvalue weighted by Crippen LogP contribution is 2.29. The lowest BCUT2D eigenvalue weighted by Crippen LogP contribution is -1.85. The van der Waals surface area contributed by atoms with E-state index in [4.69, 9.17) is 4.42 Å². The van der Waals surface area contributed by atoms with Crippen LogP contribution in [0.25, 0.3) is 11.5 Å². The highest BCUT2D eigenvalue weighted by molar-refractivity contribution is 9.10. The van der Waals surface area contributed by atoms with E-state index in [1.807, 2.05) is 26.0 Å². The lowest BCUT2D eigenvalue weighted by Gasteiger charge is -2.02. The van der Waals surface area contributed by atoms with Crippen LogP contribution in [0.3, 0.4) is 0 Å². The summed E-state index contributed by atoms with van der Waals surface area (Å²) in [5.41, 5.74) is 4.21. The first kappa shape index (κ1) is 16.2. The fourth-order valence-corrected chi connectivity index (χ4v) is 3.70. The highest BCUT2D eigenvalue weighted by atomic mass is 79.9. The fraction of sp³-hybridized carbons (Fsp3) is 0.176. The molecule has 3 aromatic rings. The summed E-state index contributed by atoms with van der Waals surface area (Å²) in [5, 5.41) is 8.68. The predicted octanol–water partition coefficient (Wildman–Crippen LogP) is 5.55. The lowest BCUT2D eigenvalue weighted by molar-refractivity contribution is 0.466. The van der Waals surface area contributed by atoms with Crippen LogP contribution in [0.15, 0.2) is 50.5 Å². The maximum absolute atomic E-state index is 13.1.